The van der Waals surface area contributed by atoms with Crippen LogP contribution in [0.5, 0.6) is 0 Å². The van der Waals surface area contributed by atoms with Gasteiger partial charge in [0.1, 0.15) is 11.3 Å². The number of terminal acetylenes is 1. The summed E-state index contributed by atoms with van der Waals surface area (Å²) < 4.78 is 4.79. The van der Waals surface area contributed by atoms with Gasteiger partial charge in [-0.05, 0) is 19.8 Å². The smallest absolute Gasteiger partial charge is 0.256 e. The highest BCUT2D eigenvalue weighted by Crippen LogP contribution is 2.05. The number of hydrogen-bond donors (Lipinski definition) is 1. The van der Waals surface area contributed by atoms with Gasteiger partial charge in [-0.25, -0.2) is 0 Å². The first-order chi connectivity index (χ1) is 7.25. The van der Waals surface area contributed by atoms with Crippen LogP contribution in [0, 0.1) is 19.3 Å². The lowest BCUT2D eigenvalue weighted by molar-refractivity contribution is 0.0951. The number of rotatable bonds is 5. The first kappa shape index (κ1) is 11.3. The van der Waals surface area contributed by atoms with Gasteiger partial charge in [0.15, 0.2) is 0 Å². The molecule has 0 spiro atoms. The molecule has 0 saturated heterocycles. The number of carbonyl (C=O) groups excluding carboxylic acids is 1. The summed E-state index contributed by atoms with van der Waals surface area (Å²) in [6.07, 6.45) is 9.10. The topological polar surface area (TPSA) is 55.1 Å². The van der Waals surface area contributed by atoms with Crippen LogP contribution in [0.15, 0.2) is 10.7 Å². The van der Waals surface area contributed by atoms with Gasteiger partial charge in [-0.3, -0.25) is 4.79 Å². The zero-order valence-corrected chi connectivity index (χ0v) is 8.75. The quantitative estimate of drug-likeness (QED) is 0.587. The first-order valence-electron chi connectivity index (χ1n) is 4.88. The molecule has 0 aliphatic heterocycles. The van der Waals surface area contributed by atoms with Crippen molar-refractivity contribution in [3.8, 4) is 12.3 Å². The van der Waals surface area contributed by atoms with Crippen LogP contribution in [-0.2, 0) is 0 Å². The van der Waals surface area contributed by atoms with E-state index in [9.17, 15) is 4.79 Å². The fraction of sp³-hybridized carbons (Fsp3) is 0.455. The number of aromatic nitrogens is 1. The minimum Gasteiger partial charge on any atom is -0.361 e. The predicted molar refractivity (Wildman–Crippen MR) is 56.3 cm³/mol. The molecule has 0 aliphatic carbocycles. The summed E-state index contributed by atoms with van der Waals surface area (Å²) in [7, 11) is 0. The molecule has 4 nitrogen and oxygen atoms in total. The highest BCUT2D eigenvalue weighted by atomic mass is 16.5. The van der Waals surface area contributed by atoms with Gasteiger partial charge in [0, 0.05) is 13.0 Å². The SMILES string of the molecule is C#CCCCCNC(=O)c1cnoc1C. The molecule has 0 fully saturated rings. The van der Waals surface area contributed by atoms with Crippen LogP contribution < -0.4 is 5.32 Å². The molecule has 0 unspecified atom stereocenters. The molecule has 1 aromatic rings. The molecule has 0 bridgehead atoms. The number of unbranched alkanes of at least 4 members (excludes halogenated alkanes) is 2. The zero-order valence-electron chi connectivity index (χ0n) is 8.75. The Kier molecular flexibility index (Phi) is 4.42. The van der Waals surface area contributed by atoms with Crippen molar-refractivity contribution in [2.24, 2.45) is 0 Å². The Morgan fingerprint density at radius 2 is 2.47 bits per heavy atom. The maximum atomic E-state index is 11.5. The maximum Gasteiger partial charge on any atom is 0.256 e. The van der Waals surface area contributed by atoms with Gasteiger partial charge in [-0.15, -0.1) is 12.3 Å². The van der Waals surface area contributed by atoms with Crippen molar-refractivity contribution in [2.75, 3.05) is 6.54 Å². The standard InChI is InChI=1S/C11H14N2O2/c1-3-4-5-6-7-12-11(14)10-8-13-15-9(10)2/h1,8H,4-7H2,2H3,(H,12,14). The second-order valence-electron chi connectivity index (χ2n) is 3.21. The lowest BCUT2D eigenvalue weighted by Gasteiger charge is -2.02. The van der Waals surface area contributed by atoms with Gasteiger partial charge in [0.25, 0.3) is 5.91 Å². The first-order valence-corrected chi connectivity index (χ1v) is 4.88. The van der Waals surface area contributed by atoms with Crippen LogP contribution in [0.1, 0.15) is 35.4 Å². The summed E-state index contributed by atoms with van der Waals surface area (Å²) in [5.41, 5.74) is 0.493. The van der Waals surface area contributed by atoms with Crippen molar-refractivity contribution in [2.45, 2.75) is 26.2 Å². The van der Waals surface area contributed by atoms with Crippen molar-refractivity contribution in [1.29, 1.82) is 0 Å². The van der Waals surface area contributed by atoms with E-state index in [4.69, 9.17) is 10.9 Å². The number of nitrogens with zero attached hydrogens (tertiary/aromatic N) is 1. The average molecular weight is 206 g/mol. The van der Waals surface area contributed by atoms with Crippen molar-refractivity contribution < 1.29 is 9.32 Å². The van der Waals surface area contributed by atoms with Gasteiger partial charge in [0.2, 0.25) is 0 Å². The molecule has 0 atom stereocenters. The van der Waals surface area contributed by atoms with E-state index >= 15 is 0 Å². The summed E-state index contributed by atoms with van der Waals surface area (Å²) in [5.74, 6) is 2.95. The van der Waals surface area contributed by atoms with E-state index in [2.05, 4.69) is 16.4 Å². The summed E-state index contributed by atoms with van der Waals surface area (Å²) in [6.45, 7) is 2.34. The second kappa shape index (κ2) is 5.86. The molecule has 0 saturated carbocycles. The van der Waals surface area contributed by atoms with Crippen LogP contribution in [0.2, 0.25) is 0 Å². The van der Waals surface area contributed by atoms with Crippen LogP contribution in [0.3, 0.4) is 0 Å². The van der Waals surface area contributed by atoms with Gasteiger partial charge in [-0.2, -0.15) is 0 Å². The summed E-state index contributed by atoms with van der Waals surface area (Å²) >= 11 is 0. The van der Waals surface area contributed by atoms with E-state index in [-0.39, 0.29) is 5.91 Å². The minimum atomic E-state index is -0.144. The van der Waals surface area contributed by atoms with E-state index < -0.39 is 0 Å². The Morgan fingerprint density at radius 1 is 1.67 bits per heavy atom. The molecule has 0 aromatic carbocycles. The van der Waals surface area contributed by atoms with E-state index in [1.807, 2.05) is 0 Å². The Bertz CT molecular complexity index is 363. The third-order valence-corrected chi connectivity index (χ3v) is 2.03. The van der Waals surface area contributed by atoms with Crippen molar-refractivity contribution in [3.63, 3.8) is 0 Å². The van der Waals surface area contributed by atoms with Crippen LogP contribution in [0.25, 0.3) is 0 Å². The Balaban J connectivity index is 2.26. The van der Waals surface area contributed by atoms with Crippen LogP contribution in [-0.4, -0.2) is 17.6 Å². The van der Waals surface area contributed by atoms with Gasteiger partial charge < -0.3 is 9.84 Å². The monoisotopic (exact) mass is 206 g/mol. The summed E-state index contributed by atoms with van der Waals surface area (Å²) in [6, 6.07) is 0. The fourth-order valence-corrected chi connectivity index (χ4v) is 1.17. The molecule has 80 valence electrons. The van der Waals surface area contributed by atoms with E-state index in [0.717, 1.165) is 19.3 Å². The largest absolute Gasteiger partial charge is 0.361 e. The number of carbonyl (C=O) groups is 1. The molecule has 1 amide bonds. The highest BCUT2D eigenvalue weighted by Gasteiger charge is 2.11. The Morgan fingerprint density at radius 3 is 3.07 bits per heavy atom. The molecule has 4 heteroatoms. The molecular weight excluding hydrogens is 192 g/mol. The van der Waals surface area contributed by atoms with Crippen molar-refractivity contribution in [1.82, 2.24) is 10.5 Å². The Labute approximate surface area is 89.0 Å². The Hall–Kier alpha value is -1.76. The number of aryl methyl sites for hydroxylation is 1. The minimum absolute atomic E-state index is 0.144. The van der Waals surface area contributed by atoms with Crippen molar-refractivity contribution in [3.05, 3.63) is 17.5 Å². The number of nitrogens with one attached hydrogen (secondary N) is 1. The molecule has 1 N–H and O–H groups in total. The molecule has 15 heavy (non-hydrogen) atoms. The van der Waals surface area contributed by atoms with Crippen LogP contribution >= 0.6 is 0 Å². The average Bonchev–Trinajstić information content (AvgIpc) is 2.64. The van der Waals surface area contributed by atoms with Crippen molar-refractivity contribution >= 4 is 5.91 Å². The van der Waals surface area contributed by atoms with Gasteiger partial charge >= 0.3 is 0 Å². The third-order valence-electron chi connectivity index (χ3n) is 2.03. The highest BCUT2D eigenvalue weighted by molar-refractivity contribution is 5.94. The molecule has 0 radical (unpaired) electrons. The second-order valence-corrected chi connectivity index (χ2v) is 3.21. The lowest BCUT2D eigenvalue weighted by atomic mass is 10.2. The molecule has 1 heterocycles. The normalized spacial score (nSPS) is 9.60. The molecule has 1 aromatic heterocycles. The third kappa shape index (κ3) is 3.47. The van der Waals surface area contributed by atoms with E-state index in [0.29, 0.717) is 17.9 Å². The summed E-state index contributed by atoms with van der Waals surface area (Å²) in [4.78, 5) is 11.5. The number of amides is 1. The van der Waals surface area contributed by atoms with Gasteiger partial charge in [0.05, 0.1) is 6.20 Å². The number of hydrogen-bond acceptors (Lipinski definition) is 3. The molecular formula is C11H14N2O2. The molecule has 1 rings (SSSR count). The van der Waals surface area contributed by atoms with Gasteiger partial charge in [-0.1, -0.05) is 5.16 Å². The fourth-order valence-electron chi connectivity index (χ4n) is 1.17. The zero-order chi connectivity index (χ0) is 11.1. The summed E-state index contributed by atoms with van der Waals surface area (Å²) in [5, 5.41) is 6.32. The predicted octanol–water partition coefficient (Wildman–Crippen LogP) is 1.52. The maximum absolute atomic E-state index is 11.5. The lowest BCUT2D eigenvalue weighted by Crippen LogP contribution is -2.24. The van der Waals surface area contributed by atoms with Crippen LogP contribution in [0.4, 0.5) is 0 Å². The van der Waals surface area contributed by atoms with E-state index in [1.54, 1.807) is 6.92 Å². The molecule has 0 aliphatic rings. The van der Waals surface area contributed by atoms with E-state index in [1.165, 1.54) is 6.20 Å².